The van der Waals surface area contributed by atoms with Crippen LogP contribution in [-0.4, -0.2) is 25.7 Å². The van der Waals surface area contributed by atoms with Crippen LogP contribution in [0.3, 0.4) is 0 Å². The third kappa shape index (κ3) is 3.10. The number of rotatable bonds is 3. The van der Waals surface area contributed by atoms with E-state index in [4.69, 9.17) is 0 Å². The third-order valence-corrected chi connectivity index (χ3v) is 3.36. The van der Waals surface area contributed by atoms with E-state index in [0.717, 1.165) is 12.0 Å². The Hall–Kier alpha value is -0.340. The minimum atomic E-state index is 0.770. The second-order valence-electron chi connectivity index (χ2n) is 4.55. The molecule has 1 aliphatic heterocycles. The number of hydrogen-bond donors (Lipinski definition) is 2. The molecule has 2 heteroatoms. The molecule has 0 amide bonds. The molecule has 0 radical (unpaired) electrons. The summed E-state index contributed by atoms with van der Waals surface area (Å²) in [5.41, 5.74) is 0. The zero-order chi connectivity index (χ0) is 9.64. The maximum Gasteiger partial charge on any atom is 0.00914 e. The lowest BCUT2D eigenvalue weighted by Crippen LogP contribution is -2.41. The fourth-order valence-electron chi connectivity index (χ4n) is 2.40. The van der Waals surface area contributed by atoms with Crippen LogP contribution in [0.4, 0.5) is 0 Å². The first-order chi connectivity index (χ1) is 6.95. The Labute approximate surface area is 87.2 Å². The summed E-state index contributed by atoms with van der Waals surface area (Å²) in [4.78, 5) is 0. The minimum absolute atomic E-state index is 0.770. The third-order valence-electron chi connectivity index (χ3n) is 3.36. The van der Waals surface area contributed by atoms with Gasteiger partial charge in [0, 0.05) is 12.6 Å². The highest BCUT2D eigenvalue weighted by atomic mass is 15.0. The predicted molar refractivity (Wildman–Crippen MR) is 60.4 cm³/mol. The van der Waals surface area contributed by atoms with E-state index in [1.165, 1.54) is 51.7 Å². The minimum Gasteiger partial charge on any atom is -0.317 e. The molecule has 0 aromatic rings. The summed E-state index contributed by atoms with van der Waals surface area (Å²) >= 11 is 0. The molecule has 0 aromatic carbocycles. The molecule has 1 aliphatic carbocycles. The normalized spacial score (nSPS) is 29.3. The number of nitrogens with one attached hydrogen (secondary N) is 2. The smallest absolute Gasteiger partial charge is 0.00914 e. The molecule has 2 N–H and O–H groups in total. The maximum absolute atomic E-state index is 3.70. The van der Waals surface area contributed by atoms with Crippen molar-refractivity contribution in [1.29, 1.82) is 0 Å². The molecule has 80 valence electrons. The second kappa shape index (κ2) is 5.52. The predicted octanol–water partition coefficient (Wildman–Crippen LogP) is 1.68. The first-order valence-corrected chi connectivity index (χ1v) is 6.06. The van der Waals surface area contributed by atoms with E-state index in [2.05, 4.69) is 22.8 Å². The lowest BCUT2D eigenvalue weighted by atomic mass is 9.95. The number of hydrogen-bond acceptors (Lipinski definition) is 2. The fraction of sp³-hybridized carbons (Fsp3) is 0.833. The zero-order valence-electron chi connectivity index (χ0n) is 8.97. The average Bonchev–Trinajstić information content (AvgIpc) is 2.29. The van der Waals surface area contributed by atoms with Gasteiger partial charge in [0.15, 0.2) is 0 Å². The van der Waals surface area contributed by atoms with Crippen LogP contribution >= 0.6 is 0 Å². The van der Waals surface area contributed by atoms with Crippen molar-refractivity contribution in [3.05, 3.63) is 12.2 Å². The van der Waals surface area contributed by atoms with Gasteiger partial charge in [-0.2, -0.15) is 0 Å². The maximum atomic E-state index is 3.70. The topological polar surface area (TPSA) is 24.1 Å². The van der Waals surface area contributed by atoms with Crippen LogP contribution in [0.5, 0.6) is 0 Å². The summed E-state index contributed by atoms with van der Waals surface area (Å²) in [5.74, 6) is 0.804. The van der Waals surface area contributed by atoms with Gasteiger partial charge in [0.1, 0.15) is 0 Å². The Kier molecular flexibility index (Phi) is 4.02. The fourth-order valence-corrected chi connectivity index (χ4v) is 2.40. The Bertz CT molecular complexity index is 183. The molecular weight excluding hydrogens is 172 g/mol. The molecule has 1 heterocycles. The quantitative estimate of drug-likeness (QED) is 0.668. The first-order valence-electron chi connectivity index (χ1n) is 6.06. The molecular formula is C12H22N2. The monoisotopic (exact) mass is 194 g/mol. The van der Waals surface area contributed by atoms with Gasteiger partial charge in [-0.15, -0.1) is 0 Å². The van der Waals surface area contributed by atoms with Crippen LogP contribution < -0.4 is 10.6 Å². The van der Waals surface area contributed by atoms with E-state index >= 15 is 0 Å². The Balaban J connectivity index is 1.65. The highest BCUT2D eigenvalue weighted by Gasteiger charge is 2.14. The lowest BCUT2D eigenvalue weighted by Gasteiger charge is -2.26. The van der Waals surface area contributed by atoms with E-state index in [1.807, 2.05) is 0 Å². The van der Waals surface area contributed by atoms with Gasteiger partial charge in [0.2, 0.25) is 0 Å². The van der Waals surface area contributed by atoms with E-state index < -0.39 is 0 Å². The summed E-state index contributed by atoms with van der Waals surface area (Å²) in [6.07, 6.45) is 11.4. The van der Waals surface area contributed by atoms with E-state index in [1.54, 1.807) is 0 Å². The molecule has 1 fully saturated rings. The van der Waals surface area contributed by atoms with Crippen molar-refractivity contribution in [2.45, 2.75) is 38.1 Å². The Morgan fingerprint density at radius 1 is 1.21 bits per heavy atom. The van der Waals surface area contributed by atoms with Crippen LogP contribution in [-0.2, 0) is 0 Å². The first kappa shape index (κ1) is 10.2. The average molecular weight is 194 g/mol. The van der Waals surface area contributed by atoms with Gasteiger partial charge in [0.25, 0.3) is 0 Å². The van der Waals surface area contributed by atoms with Gasteiger partial charge in [0.05, 0.1) is 0 Å². The molecule has 0 bridgehead atoms. The summed E-state index contributed by atoms with van der Waals surface area (Å²) in [7, 11) is 0. The van der Waals surface area contributed by atoms with E-state index in [-0.39, 0.29) is 0 Å². The van der Waals surface area contributed by atoms with Crippen LogP contribution in [0.2, 0.25) is 0 Å². The summed E-state index contributed by atoms with van der Waals surface area (Å²) in [5, 5.41) is 7.10. The molecule has 0 unspecified atom stereocenters. The van der Waals surface area contributed by atoms with Crippen LogP contribution in [0.25, 0.3) is 0 Å². The SMILES string of the molecule is C1=C[C@H](CNC2CCNCC2)CCC1. The molecule has 2 aliphatic rings. The molecule has 0 spiro atoms. The standard InChI is InChI=1S/C12H22N2/c1-2-4-11(5-3-1)10-14-12-6-8-13-9-7-12/h2,4,11-14H,1,3,5-10H2/t11-/m0/s1. The summed E-state index contributed by atoms with van der Waals surface area (Å²) < 4.78 is 0. The van der Waals surface area contributed by atoms with Crippen molar-refractivity contribution < 1.29 is 0 Å². The molecule has 1 atom stereocenters. The van der Waals surface area contributed by atoms with E-state index in [9.17, 15) is 0 Å². The van der Waals surface area contributed by atoms with Crippen LogP contribution in [0.1, 0.15) is 32.1 Å². The summed E-state index contributed by atoms with van der Waals surface area (Å²) in [6.45, 7) is 3.58. The second-order valence-corrected chi connectivity index (χ2v) is 4.55. The van der Waals surface area contributed by atoms with Crippen molar-refractivity contribution in [3.8, 4) is 0 Å². The molecule has 0 saturated carbocycles. The van der Waals surface area contributed by atoms with Crippen molar-refractivity contribution in [3.63, 3.8) is 0 Å². The zero-order valence-corrected chi connectivity index (χ0v) is 8.97. The van der Waals surface area contributed by atoms with Gasteiger partial charge in [-0.25, -0.2) is 0 Å². The Morgan fingerprint density at radius 2 is 2.07 bits per heavy atom. The lowest BCUT2D eigenvalue weighted by molar-refractivity contribution is 0.363. The van der Waals surface area contributed by atoms with Crippen molar-refractivity contribution in [1.82, 2.24) is 10.6 Å². The van der Waals surface area contributed by atoms with Crippen molar-refractivity contribution >= 4 is 0 Å². The largest absolute Gasteiger partial charge is 0.317 e. The molecule has 1 saturated heterocycles. The highest BCUT2D eigenvalue weighted by Crippen LogP contribution is 2.16. The van der Waals surface area contributed by atoms with Gasteiger partial charge in [-0.05, 0) is 51.1 Å². The van der Waals surface area contributed by atoms with Gasteiger partial charge in [-0.3, -0.25) is 0 Å². The van der Waals surface area contributed by atoms with Crippen molar-refractivity contribution in [2.24, 2.45) is 5.92 Å². The molecule has 14 heavy (non-hydrogen) atoms. The number of piperidine rings is 1. The van der Waals surface area contributed by atoms with Crippen molar-refractivity contribution in [2.75, 3.05) is 19.6 Å². The van der Waals surface area contributed by atoms with Crippen LogP contribution in [0.15, 0.2) is 12.2 Å². The molecule has 0 aromatic heterocycles. The highest BCUT2D eigenvalue weighted by molar-refractivity contribution is 4.94. The van der Waals surface area contributed by atoms with Crippen LogP contribution in [0, 0.1) is 5.92 Å². The van der Waals surface area contributed by atoms with Gasteiger partial charge < -0.3 is 10.6 Å². The summed E-state index contributed by atoms with van der Waals surface area (Å²) in [6, 6.07) is 0.770. The molecule has 2 nitrogen and oxygen atoms in total. The Morgan fingerprint density at radius 3 is 2.79 bits per heavy atom. The molecule has 2 rings (SSSR count). The van der Waals surface area contributed by atoms with Gasteiger partial charge in [-0.1, -0.05) is 12.2 Å². The van der Waals surface area contributed by atoms with E-state index in [0.29, 0.717) is 0 Å². The number of allylic oxidation sites excluding steroid dienone is 1. The van der Waals surface area contributed by atoms with Gasteiger partial charge >= 0.3 is 0 Å².